The number of nitrogens with zero attached hydrogens (tertiary/aromatic N) is 5. The number of aromatic nitrogens is 2. The van der Waals surface area contributed by atoms with E-state index >= 15 is 0 Å². The summed E-state index contributed by atoms with van der Waals surface area (Å²) in [5.41, 5.74) is 4.29. The number of likely N-dealkylation sites (tertiary alicyclic amines) is 1. The fourth-order valence-electron chi connectivity index (χ4n) is 4.69. The number of piperidine rings is 1. The lowest BCUT2D eigenvalue weighted by Gasteiger charge is -2.35. The molecule has 0 bridgehead atoms. The number of hydrogen-bond acceptors (Lipinski definition) is 5. The van der Waals surface area contributed by atoms with Crippen LogP contribution in [0.3, 0.4) is 0 Å². The van der Waals surface area contributed by atoms with Crippen molar-refractivity contribution < 1.29 is 4.79 Å². The van der Waals surface area contributed by atoms with Crippen LogP contribution in [0.1, 0.15) is 29.5 Å². The van der Waals surface area contributed by atoms with Gasteiger partial charge in [-0.1, -0.05) is 48.5 Å². The average molecular weight is 443 g/mol. The summed E-state index contributed by atoms with van der Waals surface area (Å²) in [6, 6.07) is 18.8. The van der Waals surface area contributed by atoms with Gasteiger partial charge in [0.25, 0.3) is 0 Å². The zero-order chi connectivity index (χ0) is 22.8. The Morgan fingerprint density at radius 1 is 1.03 bits per heavy atom. The number of amides is 2. The average Bonchev–Trinajstić information content (AvgIpc) is 2.84. The van der Waals surface area contributed by atoms with Crippen LogP contribution in [0, 0.1) is 6.92 Å². The maximum atomic E-state index is 13.1. The predicted molar refractivity (Wildman–Crippen MR) is 132 cm³/mol. The van der Waals surface area contributed by atoms with Crippen molar-refractivity contribution in [3.63, 3.8) is 0 Å². The number of anilines is 3. The Labute approximate surface area is 195 Å². The number of para-hydroxylation sites is 1. The molecule has 5 rings (SSSR count). The molecule has 7 heteroatoms. The Hall–Kier alpha value is -3.45. The number of benzene rings is 2. The summed E-state index contributed by atoms with van der Waals surface area (Å²) in [4.78, 5) is 28.3. The van der Waals surface area contributed by atoms with E-state index in [0.717, 1.165) is 49.3 Å². The van der Waals surface area contributed by atoms with Crippen LogP contribution in [0.4, 0.5) is 22.2 Å². The zero-order valence-corrected chi connectivity index (χ0v) is 19.2. The predicted octanol–water partition coefficient (Wildman–Crippen LogP) is 4.44. The van der Waals surface area contributed by atoms with Crippen LogP contribution < -0.4 is 15.1 Å². The van der Waals surface area contributed by atoms with E-state index < -0.39 is 0 Å². The van der Waals surface area contributed by atoms with Crippen molar-refractivity contribution in [2.24, 2.45) is 0 Å². The number of rotatable bonds is 5. The molecule has 170 valence electrons. The molecule has 33 heavy (non-hydrogen) atoms. The fraction of sp³-hybridized carbons (Fsp3) is 0.346. The van der Waals surface area contributed by atoms with Gasteiger partial charge in [0.2, 0.25) is 5.95 Å². The SMILES string of the molecule is Cc1ccccc1N1Cc2cnc(NC3CCN(Cc4ccccc4)CC3)nc2N(C)C1=O. The molecule has 0 saturated carbocycles. The highest BCUT2D eigenvalue weighted by atomic mass is 16.2. The summed E-state index contributed by atoms with van der Waals surface area (Å²) < 4.78 is 0. The summed E-state index contributed by atoms with van der Waals surface area (Å²) in [5, 5.41) is 3.50. The third kappa shape index (κ3) is 4.54. The number of nitrogens with one attached hydrogen (secondary N) is 1. The van der Waals surface area contributed by atoms with E-state index in [1.165, 1.54) is 5.56 Å². The van der Waals surface area contributed by atoms with Gasteiger partial charge in [-0.05, 0) is 37.0 Å². The highest BCUT2D eigenvalue weighted by molar-refractivity contribution is 6.05. The second kappa shape index (κ2) is 9.19. The van der Waals surface area contributed by atoms with Crippen molar-refractivity contribution in [1.82, 2.24) is 14.9 Å². The molecule has 3 heterocycles. The minimum atomic E-state index is -0.0735. The van der Waals surface area contributed by atoms with Gasteiger partial charge in [-0.25, -0.2) is 9.78 Å². The van der Waals surface area contributed by atoms with Gasteiger partial charge in [-0.2, -0.15) is 4.98 Å². The summed E-state index contributed by atoms with van der Waals surface area (Å²) in [6.45, 7) is 5.57. The molecule has 1 saturated heterocycles. The summed E-state index contributed by atoms with van der Waals surface area (Å²) in [7, 11) is 1.78. The molecular weight excluding hydrogens is 412 g/mol. The van der Waals surface area contributed by atoms with E-state index in [1.54, 1.807) is 16.8 Å². The molecule has 2 aliphatic heterocycles. The molecule has 1 aromatic heterocycles. The summed E-state index contributed by atoms with van der Waals surface area (Å²) in [5.74, 6) is 1.28. The first kappa shape index (κ1) is 21.4. The highest BCUT2D eigenvalue weighted by Gasteiger charge is 2.31. The molecule has 1 N–H and O–H groups in total. The molecule has 2 aromatic carbocycles. The quantitative estimate of drug-likeness (QED) is 0.633. The third-order valence-electron chi connectivity index (χ3n) is 6.58. The number of urea groups is 1. The zero-order valence-electron chi connectivity index (χ0n) is 19.2. The van der Waals surface area contributed by atoms with Crippen LogP contribution in [0.2, 0.25) is 0 Å². The Balaban J connectivity index is 1.23. The molecule has 2 amide bonds. The molecule has 0 aliphatic carbocycles. The maximum Gasteiger partial charge on any atom is 0.330 e. The van der Waals surface area contributed by atoms with Gasteiger partial charge in [0, 0.05) is 50.2 Å². The fourth-order valence-corrected chi connectivity index (χ4v) is 4.69. The molecule has 7 nitrogen and oxygen atoms in total. The molecule has 2 aliphatic rings. The number of aryl methyl sites for hydroxylation is 1. The van der Waals surface area contributed by atoms with Crippen LogP contribution >= 0.6 is 0 Å². The summed E-state index contributed by atoms with van der Waals surface area (Å²) >= 11 is 0. The standard InChI is InChI=1S/C26H30N6O/c1-19-8-6-7-11-23(19)32-18-21-16-27-25(29-24(21)30(2)26(32)33)28-22-12-14-31(15-13-22)17-20-9-4-3-5-10-20/h3-11,16,22H,12-15,17-18H2,1-2H3,(H,27,28,29). The Morgan fingerprint density at radius 3 is 2.52 bits per heavy atom. The van der Waals surface area contributed by atoms with Crippen molar-refractivity contribution in [2.45, 2.75) is 38.9 Å². The molecule has 0 spiro atoms. The van der Waals surface area contributed by atoms with Crippen LogP contribution in [0.15, 0.2) is 60.8 Å². The van der Waals surface area contributed by atoms with Crippen molar-refractivity contribution in [1.29, 1.82) is 0 Å². The lowest BCUT2D eigenvalue weighted by atomic mass is 10.0. The van der Waals surface area contributed by atoms with Gasteiger partial charge >= 0.3 is 6.03 Å². The van der Waals surface area contributed by atoms with Crippen molar-refractivity contribution in [3.05, 3.63) is 77.5 Å². The minimum absolute atomic E-state index is 0.0735. The molecule has 0 radical (unpaired) electrons. The smallest absolute Gasteiger partial charge is 0.330 e. The van der Waals surface area contributed by atoms with Gasteiger partial charge in [-0.3, -0.25) is 14.7 Å². The number of carbonyl (C=O) groups is 1. The molecule has 1 fully saturated rings. The molecular formula is C26H30N6O. The first-order valence-electron chi connectivity index (χ1n) is 11.6. The first-order chi connectivity index (χ1) is 16.1. The second-order valence-corrected chi connectivity index (χ2v) is 8.94. The Kier molecular flexibility index (Phi) is 5.96. The second-order valence-electron chi connectivity index (χ2n) is 8.94. The van der Waals surface area contributed by atoms with Crippen LogP contribution in [0.25, 0.3) is 0 Å². The van der Waals surface area contributed by atoms with E-state index in [1.807, 2.05) is 37.4 Å². The van der Waals surface area contributed by atoms with Gasteiger partial charge in [0.05, 0.1) is 6.54 Å². The normalized spacial score (nSPS) is 17.2. The lowest BCUT2D eigenvalue weighted by molar-refractivity contribution is 0.211. The van der Waals surface area contributed by atoms with Crippen molar-refractivity contribution >= 4 is 23.5 Å². The van der Waals surface area contributed by atoms with E-state index in [9.17, 15) is 4.79 Å². The number of fused-ring (bicyclic) bond motifs is 1. The molecule has 0 atom stereocenters. The topological polar surface area (TPSA) is 64.6 Å². The van der Waals surface area contributed by atoms with E-state index in [-0.39, 0.29) is 6.03 Å². The van der Waals surface area contributed by atoms with E-state index in [0.29, 0.717) is 24.4 Å². The monoisotopic (exact) mass is 442 g/mol. The third-order valence-corrected chi connectivity index (χ3v) is 6.58. The van der Waals surface area contributed by atoms with Crippen LogP contribution in [0.5, 0.6) is 0 Å². The molecule has 3 aromatic rings. The van der Waals surface area contributed by atoms with Gasteiger partial charge < -0.3 is 5.32 Å². The highest BCUT2D eigenvalue weighted by Crippen LogP contribution is 2.31. The van der Waals surface area contributed by atoms with Gasteiger partial charge in [0.1, 0.15) is 5.82 Å². The largest absolute Gasteiger partial charge is 0.351 e. The number of carbonyl (C=O) groups excluding carboxylic acids is 1. The van der Waals surface area contributed by atoms with Crippen molar-refractivity contribution in [2.75, 3.05) is 35.3 Å². The van der Waals surface area contributed by atoms with Gasteiger partial charge in [0.15, 0.2) is 0 Å². The number of hydrogen-bond donors (Lipinski definition) is 1. The lowest BCUT2D eigenvalue weighted by Crippen LogP contribution is -2.46. The van der Waals surface area contributed by atoms with Crippen LogP contribution in [-0.2, 0) is 13.1 Å². The van der Waals surface area contributed by atoms with E-state index in [4.69, 9.17) is 4.98 Å². The Bertz CT molecular complexity index is 1130. The maximum absolute atomic E-state index is 13.1. The van der Waals surface area contributed by atoms with Crippen molar-refractivity contribution in [3.8, 4) is 0 Å². The Morgan fingerprint density at radius 2 is 1.76 bits per heavy atom. The van der Waals surface area contributed by atoms with Gasteiger partial charge in [-0.15, -0.1) is 0 Å². The van der Waals surface area contributed by atoms with E-state index in [2.05, 4.69) is 45.5 Å². The van der Waals surface area contributed by atoms with Crippen LogP contribution in [-0.4, -0.2) is 47.1 Å². The summed E-state index contributed by atoms with van der Waals surface area (Å²) in [6.07, 6.45) is 3.94. The molecule has 0 unspecified atom stereocenters. The first-order valence-corrected chi connectivity index (χ1v) is 11.6. The minimum Gasteiger partial charge on any atom is -0.351 e.